The van der Waals surface area contributed by atoms with Gasteiger partial charge in [0.15, 0.2) is 0 Å². The lowest BCUT2D eigenvalue weighted by molar-refractivity contribution is -0.112. The predicted octanol–water partition coefficient (Wildman–Crippen LogP) is 2.52. The van der Waals surface area contributed by atoms with Crippen molar-refractivity contribution in [2.24, 2.45) is 11.8 Å². The molecule has 1 rings (SSSR count). The standard InChI is InChI=1S/C11H17NO/c1-9(2)11(10(3)8-13)12-6-4-5-7-12/h4-11H,1-3H3/t10-,11-/m1/s1. The third-order valence-electron chi connectivity index (χ3n) is 2.41. The molecule has 72 valence electrons. The molecule has 0 aromatic carbocycles. The summed E-state index contributed by atoms with van der Waals surface area (Å²) in [4.78, 5) is 10.7. The molecule has 0 bridgehead atoms. The molecule has 0 radical (unpaired) electrons. The fourth-order valence-corrected chi connectivity index (χ4v) is 1.85. The van der Waals surface area contributed by atoms with Gasteiger partial charge in [-0.1, -0.05) is 20.8 Å². The summed E-state index contributed by atoms with van der Waals surface area (Å²) in [6.45, 7) is 6.26. The highest BCUT2D eigenvalue weighted by molar-refractivity contribution is 5.53. The maximum Gasteiger partial charge on any atom is 0.124 e. The molecular weight excluding hydrogens is 162 g/mol. The van der Waals surface area contributed by atoms with E-state index in [0.717, 1.165) is 6.29 Å². The Kier molecular flexibility index (Phi) is 3.29. The van der Waals surface area contributed by atoms with E-state index in [1.165, 1.54) is 0 Å². The van der Waals surface area contributed by atoms with Crippen molar-refractivity contribution in [3.63, 3.8) is 0 Å². The molecule has 1 aromatic heterocycles. The summed E-state index contributed by atoms with van der Waals surface area (Å²) in [5.74, 6) is 0.556. The maximum absolute atomic E-state index is 10.7. The number of aromatic nitrogens is 1. The Bertz CT molecular complexity index is 251. The fourth-order valence-electron chi connectivity index (χ4n) is 1.85. The summed E-state index contributed by atoms with van der Waals surface area (Å²) in [6, 6.07) is 4.27. The molecule has 0 amide bonds. The van der Waals surface area contributed by atoms with Gasteiger partial charge in [-0.05, 0) is 18.1 Å². The van der Waals surface area contributed by atoms with Crippen molar-refractivity contribution < 1.29 is 4.79 Å². The second-order valence-electron chi connectivity index (χ2n) is 3.86. The monoisotopic (exact) mass is 179 g/mol. The van der Waals surface area contributed by atoms with Crippen LogP contribution in [0, 0.1) is 11.8 Å². The number of carbonyl (C=O) groups excluding carboxylic acids is 1. The summed E-state index contributed by atoms with van der Waals surface area (Å²) in [7, 11) is 0. The first-order chi connectivity index (χ1) is 6.16. The van der Waals surface area contributed by atoms with Crippen molar-refractivity contribution in [1.82, 2.24) is 4.57 Å². The fraction of sp³-hybridized carbons (Fsp3) is 0.545. The molecule has 0 aliphatic carbocycles. The van der Waals surface area contributed by atoms with Gasteiger partial charge in [-0.2, -0.15) is 0 Å². The summed E-state index contributed by atoms with van der Waals surface area (Å²) < 4.78 is 2.11. The van der Waals surface area contributed by atoms with Crippen LogP contribution in [0.5, 0.6) is 0 Å². The summed E-state index contributed by atoms with van der Waals surface area (Å²) >= 11 is 0. The van der Waals surface area contributed by atoms with Crippen molar-refractivity contribution >= 4 is 6.29 Å². The van der Waals surface area contributed by atoms with Gasteiger partial charge in [0.1, 0.15) is 6.29 Å². The van der Waals surface area contributed by atoms with Crippen LogP contribution in [0.15, 0.2) is 24.5 Å². The minimum atomic E-state index is 0.0763. The third-order valence-corrected chi connectivity index (χ3v) is 2.41. The largest absolute Gasteiger partial charge is 0.350 e. The molecule has 0 aliphatic heterocycles. The van der Waals surface area contributed by atoms with E-state index in [9.17, 15) is 4.79 Å². The van der Waals surface area contributed by atoms with Crippen LogP contribution >= 0.6 is 0 Å². The van der Waals surface area contributed by atoms with E-state index in [-0.39, 0.29) is 12.0 Å². The number of aldehydes is 1. The average Bonchev–Trinajstić information content (AvgIpc) is 2.56. The Hall–Kier alpha value is -1.05. The van der Waals surface area contributed by atoms with Gasteiger partial charge in [-0.15, -0.1) is 0 Å². The van der Waals surface area contributed by atoms with Gasteiger partial charge < -0.3 is 9.36 Å². The molecule has 0 saturated carbocycles. The molecule has 2 atom stereocenters. The molecule has 2 nitrogen and oxygen atoms in total. The highest BCUT2D eigenvalue weighted by atomic mass is 16.1. The zero-order valence-electron chi connectivity index (χ0n) is 8.47. The number of carbonyl (C=O) groups is 1. The number of nitrogens with zero attached hydrogens (tertiary/aromatic N) is 1. The van der Waals surface area contributed by atoms with Crippen molar-refractivity contribution in [3.05, 3.63) is 24.5 Å². The molecule has 2 heteroatoms. The summed E-state index contributed by atoms with van der Waals surface area (Å²) in [6.07, 6.45) is 5.07. The van der Waals surface area contributed by atoms with Gasteiger partial charge in [0.25, 0.3) is 0 Å². The van der Waals surface area contributed by atoms with Gasteiger partial charge >= 0.3 is 0 Å². The van der Waals surface area contributed by atoms with E-state index in [4.69, 9.17) is 0 Å². The smallest absolute Gasteiger partial charge is 0.124 e. The summed E-state index contributed by atoms with van der Waals surface area (Å²) in [5, 5.41) is 0. The van der Waals surface area contributed by atoms with Crippen molar-refractivity contribution in [3.8, 4) is 0 Å². The molecule has 1 heterocycles. The van der Waals surface area contributed by atoms with Crippen LogP contribution in [0.2, 0.25) is 0 Å². The molecule has 0 fully saturated rings. The molecule has 13 heavy (non-hydrogen) atoms. The van der Waals surface area contributed by atoms with Crippen molar-refractivity contribution in [1.29, 1.82) is 0 Å². The minimum Gasteiger partial charge on any atom is -0.350 e. The second-order valence-corrected chi connectivity index (χ2v) is 3.86. The second kappa shape index (κ2) is 4.26. The number of hydrogen-bond donors (Lipinski definition) is 0. The maximum atomic E-state index is 10.7. The van der Waals surface area contributed by atoms with E-state index < -0.39 is 0 Å². The first-order valence-corrected chi connectivity index (χ1v) is 4.74. The topological polar surface area (TPSA) is 22.0 Å². The van der Waals surface area contributed by atoms with Crippen molar-refractivity contribution in [2.45, 2.75) is 26.8 Å². The van der Waals surface area contributed by atoms with E-state index in [1.807, 2.05) is 31.5 Å². The lowest BCUT2D eigenvalue weighted by Gasteiger charge is -2.25. The third kappa shape index (κ3) is 2.20. The highest BCUT2D eigenvalue weighted by Gasteiger charge is 2.20. The van der Waals surface area contributed by atoms with Crippen LogP contribution in [0.3, 0.4) is 0 Å². The Morgan fingerprint density at radius 1 is 1.15 bits per heavy atom. The van der Waals surface area contributed by atoms with Crippen LogP contribution < -0.4 is 0 Å². The number of hydrogen-bond acceptors (Lipinski definition) is 1. The Labute approximate surface area is 79.6 Å². The van der Waals surface area contributed by atoms with E-state index >= 15 is 0 Å². The molecule has 0 spiro atoms. The van der Waals surface area contributed by atoms with E-state index in [0.29, 0.717) is 5.92 Å². The quantitative estimate of drug-likeness (QED) is 0.651. The van der Waals surface area contributed by atoms with Crippen LogP contribution in [0.1, 0.15) is 26.8 Å². The zero-order valence-corrected chi connectivity index (χ0v) is 8.47. The zero-order chi connectivity index (χ0) is 9.84. The molecule has 0 aliphatic rings. The molecule has 1 aromatic rings. The molecular formula is C11H17NO. The van der Waals surface area contributed by atoms with Crippen LogP contribution in [-0.2, 0) is 4.79 Å². The lowest BCUT2D eigenvalue weighted by Crippen LogP contribution is -2.22. The number of rotatable bonds is 4. The minimum absolute atomic E-state index is 0.0763. The Morgan fingerprint density at radius 3 is 2.08 bits per heavy atom. The van der Waals surface area contributed by atoms with Gasteiger partial charge in [-0.25, -0.2) is 0 Å². The molecule has 0 unspecified atom stereocenters. The van der Waals surface area contributed by atoms with Crippen LogP contribution in [0.25, 0.3) is 0 Å². The Balaban J connectivity index is 2.86. The lowest BCUT2D eigenvalue weighted by atomic mass is 9.93. The van der Waals surface area contributed by atoms with E-state index in [1.54, 1.807) is 0 Å². The van der Waals surface area contributed by atoms with Crippen LogP contribution in [0.4, 0.5) is 0 Å². The van der Waals surface area contributed by atoms with E-state index in [2.05, 4.69) is 18.4 Å². The van der Waals surface area contributed by atoms with Crippen LogP contribution in [-0.4, -0.2) is 10.9 Å². The SMILES string of the molecule is CC(C)[C@H]([C@H](C)C=O)n1cccc1. The average molecular weight is 179 g/mol. The normalized spacial score (nSPS) is 15.7. The molecule has 0 N–H and O–H groups in total. The predicted molar refractivity (Wildman–Crippen MR) is 53.5 cm³/mol. The Morgan fingerprint density at radius 2 is 1.69 bits per heavy atom. The van der Waals surface area contributed by atoms with Gasteiger partial charge in [-0.3, -0.25) is 0 Å². The van der Waals surface area contributed by atoms with Gasteiger partial charge in [0, 0.05) is 24.4 Å². The van der Waals surface area contributed by atoms with Gasteiger partial charge in [0.2, 0.25) is 0 Å². The summed E-state index contributed by atoms with van der Waals surface area (Å²) in [5.41, 5.74) is 0. The highest BCUT2D eigenvalue weighted by Crippen LogP contribution is 2.24. The molecule has 0 saturated heterocycles. The van der Waals surface area contributed by atoms with Crippen molar-refractivity contribution in [2.75, 3.05) is 0 Å². The first kappa shape index (κ1) is 10.0. The first-order valence-electron chi connectivity index (χ1n) is 4.74. The van der Waals surface area contributed by atoms with Gasteiger partial charge in [0.05, 0.1) is 0 Å².